The van der Waals surface area contributed by atoms with Gasteiger partial charge in [0.2, 0.25) is 5.95 Å². The van der Waals surface area contributed by atoms with Crippen molar-refractivity contribution in [2.75, 3.05) is 44.9 Å². The number of nitrogens with zero attached hydrogens (tertiary/aromatic N) is 3. The van der Waals surface area contributed by atoms with Gasteiger partial charge in [-0.2, -0.15) is 4.98 Å². The monoisotopic (exact) mass is 301 g/mol. The van der Waals surface area contributed by atoms with Gasteiger partial charge in [0.25, 0.3) is 0 Å². The van der Waals surface area contributed by atoms with Crippen LogP contribution in [0.4, 0.5) is 17.5 Å². The molecule has 118 valence electrons. The van der Waals surface area contributed by atoms with E-state index in [0.29, 0.717) is 5.95 Å². The Labute approximate surface area is 131 Å². The van der Waals surface area contributed by atoms with E-state index in [9.17, 15) is 0 Å². The van der Waals surface area contributed by atoms with Gasteiger partial charge in [0.1, 0.15) is 11.6 Å². The smallest absolute Gasteiger partial charge is 0.224 e. The maximum atomic E-state index is 5.32. The van der Waals surface area contributed by atoms with Crippen molar-refractivity contribution in [1.82, 2.24) is 14.9 Å². The van der Waals surface area contributed by atoms with Gasteiger partial charge in [-0.15, -0.1) is 0 Å². The molecule has 0 aliphatic rings. The maximum absolute atomic E-state index is 5.32. The summed E-state index contributed by atoms with van der Waals surface area (Å²) in [5, 5.41) is 6.48. The fraction of sp³-hybridized carbons (Fsp3) is 0.375. The van der Waals surface area contributed by atoms with Gasteiger partial charge in [-0.05, 0) is 45.3 Å². The molecule has 22 heavy (non-hydrogen) atoms. The highest BCUT2D eigenvalue weighted by Crippen LogP contribution is 2.26. The average molecular weight is 301 g/mol. The second-order valence-electron chi connectivity index (χ2n) is 5.17. The predicted octanol–water partition coefficient (Wildman–Crippen LogP) is 2.59. The molecule has 1 aromatic carbocycles. The minimum absolute atomic E-state index is 0.624. The van der Waals surface area contributed by atoms with E-state index in [2.05, 4.69) is 39.6 Å². The minimum atomic E-state index is 0.624. The molecular weight excluding hydrogens is 278 g/mol. The molecule has 0 bridgehead atoms. The quantitative estimate of drug-likeness (QED) is 0.731. The van der Waals surface area contributed by atoms with Crippen LogP contribution in [0.5, 0.6) is 5.75 Å². The first-order valence-corrected chi connectivity index (χ1v) is 7.30. The molecule has 2 aromatic rings. The highest BCUT2D eigenvalue weighted by molar-refractivity contribution is 5.64. The summed E-state index contributed by atoms with van der Waals surface area (Å²) in [6.45, 7) is 1.88. The number of aromatic nitrogens is 2. The fourth-order valence-corrected chi connectivity index (χ4v) is 1.99. The molecule has 2 N–H and O–H groups in total. The summed E-state index contributed by atoms with van der Waals surface area (Å²) in [5.74, 6) is 2.13. The van der Waals surface area contributed by atoms with Gasteiger partial charge in [-0.1, -0.05) is 12.1 Å². The molecule has 2 rings (SSSR count). The van der Waals surface area contributed by atoms with E-state index in [1.807, 2.05) is 30.3 Å². The van der Waals surface area contributed by atoms with Crippen LogP contribution in [0.1, 0.15) is 6.42 Å². The summed E-state index contributed by atoms with van der Waals surface area (Å²) in [6.07, 6.45) is 2.78. The van der Waals surface area contributed by atoms with Gasteiger partial charge >= 0.3 is 0 Å². The van der Waals surface area contributed by atoms with Gasteiger partial charge < -0.3 is 20.3 Å². The van der Waals surface area contributed by atoms with Crippen LogP contribution >= 0.6 is 0 Å². The largest absolute Gasteiger partial charge is 0.495 e. The molecule has 1 heterocycles. The molecule has 0 saturated carbocycles. The number of anilines is 3. The molecule has 0 saturated heterocycles. The Balaban J connectivity index is 1.96. The number of ether oxygens (including phenoxy) is 1. The van der Waals surface area contributed by atoms with Gasteiger partial charge in [0.05, 0.1) is 12.8 Å². The van der Waals surface area contributed by atoms with Crippen LogP contribution in [-0.2, 0) is 0 Å². The summed E-state index contributed by atoms with van der Waals surface area (Å²) in [6, 6.07) is 9.57. The third-order valence-electron chi connectivity index (χ3n) is 3.09. The molecule has 0 aliphatic carbocycles. The molecule has 6 nitrogen and oxygen atoms in total. The van der Waals surface area contributed by atoms with Crippen molar-refractivity contribution in [2.24, 2.45) is 0 Å². The summed E-state index contributed by atoms with van der Waals surface area (Å²) >= 11 is 0. The van der Waals surface area contributed by atoms with Crippen molar-refractivity contribution >= 4 is 17.5 Å². The lowest BCUT2D eigenvalue weighted by Crippen LogP contribution is -2.17. The molecule has 0 atom stereocenters. The topological polar surface area (TPSA) is 62.3 Å². The molecule has 6 heteroatoms. The van der Waals surface area contributed by atoms with Crippen LogP contribution in [-0.4, -0.2) is 49.2 Å². The zero-order valence-corrected chi connectivity index (χ0v) is 13.3. The number of para-hydroxylation sites is 2. The van der Waals surface area contributed by atoms with E-state index in [-0.39, 0.29) is 0 Å². The molecule has 0 aliphatic heterocycles. The molecule has 1 aromatic heterocycles. The zero-order valence-electron chi connectivity index (χ0n) is 13.3. The van der Waals surface area contributed by atoms with Crippen LogP contribution < -0.4 is 15.4 Å². The molecule has 0 radical (unpaired) electrons. The van der Waals surface area contributed by atoms with Crippen molar-refractivity contribution in [3.8, 4) is 5.75 Å². The second-order valence-corrected chi connectivity index (χ2v) is 5.17. The van der Waals surface area contributed by atoms with E-state index in [1.165, 1.54) is 0 Å². The van der Waals surface area contributed by atoms with Gasteiger partial charge in [-0.25, -0.2) is 4.98 Å². The van der Waals surface area contributed by atoms with E-state index < -0.39 is 0 Å². The third kappa shape index (κ3) is 4.89. The molecular formula is C16H23N5O. The van der Waals surface area contributed by atoms with E-state index in [4.69, 9.17) is 4.74 Å². The van der Waals surface area contributed by atoms with Crippen molar-refractivity contribution in [1.29, 1.82) is 0 Å². The highest BCUT2D eigenvalue weighted by atomic mass is 16.5. The molecule has 0 spiro atoms. The second kappa shape index (κ2) is 8.19. The number of hydrogen-bond donors (Lipinski definition) is 2. The van der Waals surface area contributed by atoms with Crippen LogP contribution in [0.3, 0.4) is 0 Å². The number of methoxy groups -OCH3 is 1. The first-order chi connectivity index (χ1) is 10.7. The standard InChI is InChI=1S/C16H23N5O/c1-21(2)12-6-10-17-16-18-11-9-15(20-16)19-13-7-4-5-8-14(13)22-3/h4-5,7-9,11H,6,10,12H2,1-3H3,(H2,17,18,19,20). The normalized spacial score (nSPS) is 10.5. The van der Waals surface area contributed by atoms with E-state index >= 15 is 0 Å². The Morgan fingerprint density at radius 1 is 1.18 bits per heavy atom. The number of rotatable bonds is 8. The number of benzene rings is 1. The lowest BCUT2D eigenvalue weighted by molar-refractivity contribution is 0.405. The lowest BCUT2D eigenvalue weighted by atomic mass is 10.3. The van der Waals surface area contributed by atoms with E-state index in [0.717, 1.165) is 36.8 Å². The Hall–Kier alpha value is -2.34. The number of hydrogen-bond acceptors (Lipinski definition) is 6. The first-order valence-electron chi connectivity index (χ1n) is 7.30. The highest BCUT2D eigenvalue weighted by Gasteiger charge is 2.04. The van der Waals surface area contributed by atoms with Gasteiger partial charge in [0, 0.05) is 12.7 Å². The van der Waals surface area contributed by atoms with Gasteiger partial charge in [0.15, 0.2) is 0 Å². The van der Waals surface area contributed by atoms with Crippen molar-refractivity contribution in [3.05, 3.63) is 36.5 Å². The Kier molecular flexibility index (Phi) is 5.97. The first kappa shape index (κ1) is 16.0. The maximum Gasteiger partial charge on any atom is 0.224 e. The van der Waals surface area contributed by atoms with Crippen LogP contribution in [0, 0.1) is 0 Å². The van der Waals surface area contributed by atoms with Crippen molar-refractivity contribution in [2.45, 2.75) is 6.42 Å². The van der Waals surface area contributed by atoms with Crippen LogP contribution in [0.25, 0.3) is 0 Å². The summed E-state index contributed by atoms with van der Waals surface area (Å²) < 4.78 is 5.32. The Bertz CT molecular complexity index is 588. The zero-order chi connectivity index (χ0) is 15.8. The third-order valence-corrected chi connectivity index (χ3v) is 3.09. The molecule has 0 fully saturated rings. The number of nitrogens with one attached hydrogen (secondary N) is 2. The Morgan fingerprint density at radius 3 is 2.77 bits per heavy atom. The molecule has 0 unspecified atom stereocenters. The summed E-state index contributed by atoms with van der Waals surface area (Å²) in [5.41, 5.74) is 0.877. The average Bonchev–Trinajstić information content (AvgIpc) is 2.52. The lowest BCUT2D eigenvalue weighted by Gasteiger charge is -2.12. The predicted molar refractivity (Wildman–Crippen MR) is 90.0 cm³/mol. The Morgan fingerprint density at radius 2 is 2.00 bits per heavy atom. The van der Waals surface area contributed by atoms with E-state index in [1.54, 1.807) is 13.3 Å². The SMILES string of the molecule is COc1ccccc1Nc1ccnc(NCCCN(C)C)n1. The molecule has 0 amide bonds. The van der Waals surface area contributed by atoms with Gasteiger partial charge in [-0.3, -0.25) is 0 Å². The van der Waals surface area contributed by atoms with Crippen molar-refractivity contribution in [3.63, 3.8) is 0 Å². The summed E-state index contributed by atoms with van der Waals surface area (Å²) in [4.78, 5) is 10.8. The van der Waals surface area contributed by atoms with Crippen LogP contribution in [0.2, 0.25) is 0 Å². The van der Waals surface area contributed by atoms with Crippen LogP contribution in [0.15, 0.2) is 36.5 Å². The van der Waals surface area contributed by atoms with Crippen molar-refractivity contribution < 1.29 is 4.74 Å². The minimum Gasteiger partial charge on any atom is -0.495 e. The fourth-order valence-electron chi connectivity index (χ4n) is 1.99. The summed E-state index contributed by atoms with van der Waals surface area (Å²) in [7, 11) is 5.78.